The maximum atomic E-state index is 13.1. The predicted octanol–water partition coefficient (Wildman–Crippen LogP) is 4.09. The Kier molecular flexibility index (Phi) is 4.64. The molecule has 0 radical (unpaired) electrons. The maximum Gasteiger partial charge on any atom is 0.170 e. The molecule has 0 amide bonds. The third-order valence-electron chi connectivity index (χ3n) is 5.02. The van der Waals surface area contributed by atoms with Crippen LogP contribution in [0.25, 0.3) is 0 Å². The molecule has 0 heterocycles. The van der Waals surface area contributed by atoms with Crippen LogP contribution in [0.4, 0.5) is 0 Å². The Hall–Kier alpha value is -1.15. The van der Waals surface area contributed by atoms with Crippen molar-refractivity contribution in [2.24, 2.45) is 11.1 Å². The van der Waals surface area contributed by atoms with E-state index in [1.807, 2.05) is 6.92 Å². The summed E-state index contributed by atoms with van der Waals surface area (Å²) in [6.45, 7) is 6.70. The average molecular weight is 273 g/mol. The van der Waals surface area contributed by atoms with E-state index in [1.165, 1.54) is 24.0 Å². The molecule has 2 nitrogen and oxygen atoms in total. The van der Waals surface area contributed by atoms with Gasteiger partial charge in [-0.3, -0.25) is 4.79 Å². The van der Waals surface area contributed by atoms with Gasteiger partial charge in [-0.25, -0.2) is 0 Å². The van der Waals surface area contributed by atoms with E-state index < -0.39 is 0 Å². The summed E-state index contributed by atoms with van der Waals surface area (Å²) in [5, 5.41) is 0. The Bertz CT molecular complexity index is 496. The quantitative estimate of drug-likeness (QED) is 0.665. The number of Topliss-reactive ketones (excluding diaryl/α,β-unsaturated/α-hetero) is 1. The Morgan fingerprint density at radius 3 is 2.10 bits per heavy atom. The first-order chi connectivity index (χ1) is 9.50. The van der Waals surface area contributed by atoms with E-state index in [4.69, 9.17) is 5.73 Å². The van der Waals surface area contributed by atoms with Gasteiger partial charge < -0.3 is 5.73 Å². The van der Waals surface area contributed by atoms with E-state index in [1.54, 1.807) is 0 Å². The van der Waals surface area contributed by atoms with Crippen LogP contribution < -0.4 is 5.73 Å². The lowest BCUT2D eigenvalue weighted by molar-refractivity contribution is 0.0773. The highest BCUT2D eigenvalue weighted by molar-refractivity contribution is 6.02. The predicted molar refractivity (Wildman–Crippen MR) is 84.2 cm³/mol. The lowest BCUT2D eigenvalue weighted by Gasteiger charge is -2.30. The Balaban J connectivity index is 2.40. The van der Waals surface area contributed by atoms with Gasteiger partial charge >= 0.3 is 0 Å². The lowest BCUT2D eigenvalue weighted by Crippen LogP contribution is -2.38. The van der Waals surface area contributed by atoms with Gasteiger partial charge in [0.25, 0.3) is 0 Å². The smallest absolute Gasteiger partial charge is 0.170 e. The van der Waals surface area contributed by atoms with Gasteiger partial charge in [-0.2, -0.15) is 0 Å². The molecule has 0 aliphatic heterocycles. The van der Waals surface area contributed by atoms with Crippen molar-refractivity contribution in [1.82, 2.24) is 0 Å². The maximum absolute atomic E-state index is 13.1. The van der Waals surface area contributed by atoms with Crippen LogP contribution in [0.5, 0.6) is 0 Å². The van der Waals surface area contributed by atoms with Crippen molar-refractivity contribution >= 4 is 5.78 Å². The standard InChI is InChI=1S/C18H27NO/c1-13-10-15(3)16(11-14(13)2)17(20)18(12-19)8-6-4-5-7-9-18/h10-11H,4-9,12,19H2,1-3H3. The summed E-state index contributed by atoms with van der Waals surface area (Å²) in [6.07, 6.45) is 6.64. The normalized spacial score (nSPS) is 18.6. The van der Waals surface area contributed by atoms with Crippen LogP contribution in [0.1, 0.15) is 65.6 Å². The Morgan fingerprint density at radius 1 is 1.00 bits per heavy atom. The van der Waals surface area contributed by atoms with Gasteiger partial charge in [-0.1, -0.05) is 31.7 Å². The molecule has 0 atom stereocenters. The second-order valence-corrected chi connectivity index (χ2v) is 6.48. The van der Waals surface area contributed by atoms with Crippen LogP contribution in [0.2, 0.25) is 0 Å². The molecular formula is C18H27NO. The zero-order valence-electron chi connectivity index (χ0n) is 13.1. The van der Waals surface area contributed by atoms with Gasteiger partial charge in [0.2, 0.25) is 0 Å². The zero-order chi connectivity index (χ0) is 14.8. The number of aryl methyl sites for hydroxylation is 3. The number of carbonyl (C=O) groups excluding carboxylic acids is 1. The van der Waals surface area contributed by atoms with Gasteiger partial charge in [0.1, 0.15) is 0 Å². The fourth-order valence-corrected chi connectivity index (χ4v) is 3.42. The molecule has 2 heteroatoms. The van der Waals surface area contributed by atoms with Crippen molar-refractivity contribution in [3.8, 4) is 0 Å². The van der Waals surface area contributed by atoms with Gasteiger partial charge in [-0.05, 0) is 56.4 Å². The molecular weight excluding hydrogens is 246 g/mol. The van der Waals surface area contributed by atoms with Crippen LogP contribution in [-0.4, -0.2) is 12.3 Å². The molecule has 1 fully saturated rings. The molecule has 1 aromatic rings. The minimum atomic E-state index is -0.317. The highest BCUT2D eigenvalue weighted by atomic mass is 16.1. The van der Waals surface area contributed by atoms with Gasteiger partial charge in [0.05, 0.1) is 0 Å². The van der Waals surface area contributed by atoms with E-state index in [9.17, 15) is 4.79 Å². The minimum absolute atomic E-state index is 0.280. The summed E-state index contributed by atoms with van der Waals surface area (Å²) < 4.78 is 0. The Labute approximate surface area is 122 Å². The number of carbonyl (C=O) groups is 1. The first kappa shape index (κ1) is 15.2. The highest BCUT2D eigenvalue weighted by Gasteiger charge is 2.38. The molecule has 2 rings (SSSR count). The van der Waals surface area contributed by atoms with E-state index >= 15 is 0 Å². The summed E-state index contributed by atoms with van der Waals surface area (Å²) in [6, 6.07) is 4.19. The monoisotopic (exact) mass is 273 g/mol. The fraction of sp³-hybridized carbons (Fsp3) is 0.611. The number of ketones is 1. The van der Waals surface area contributed by atoms with Crippen LogP contribution >= 0.6 is 0 Å². The molecule has 110 valence electrons. The summed E-state index contributed by atoms with van der Waals surface area (Å²) in [7, 11) is 0. The molecule has 0 saturated heterocycles. The van der Waals surface area contributed by atoms with Crippen molar-refractivity contribution in [2.75, 3.05) is 6.54 Å². The summed E-state index contributed by atoms with van der Waals surface area (Å²) in [4.78, 5) is 13.1. The van der Waals surface area contributed by atoms with E-state index in [-0.39, 0.29) is 11.2 Å². The topological polar surface area (TPSA) is 43.1 Å². The first-order valence-electron chi connectivity index (χ1n) is 7.83. The van der Waals surface area contributed by atoms with Crippen LogP contribution in [0, 0.1) is 26.2 Å². The second kappa shape index (κ2) is 6.09. The number of nitrogens with two attached hydrogens (primary N) is 1. The number of benzene rings is 1. The molecule has 20 heavy (non-hydrogen) atoms. The van der Waals surface area contributed by atoms with Crippen molar-refractivity contribution in [2.45, 2.75) is 59.3 Å². The van der Waals surface area contributed by atoms with Crippen LogP contribution in [0.15, 0.2) is 12.1 Å². The van der Waals surface area contributed by atoms with Gasteiger partial charge in [0, 0.05) is 17.5 Å². The molecule has 0 aromatic heterocycles. The largest absolute Gasteiger partial charge is 0.329 e. The summed E-state index contributed by atoms with van der Waals surface area (Å²) in [5.74, 6) is 0.280. The SMILES string of the molecule is Cc1cc(C)c(C(=O)C2(CN)CCCCCC2)cc1C. The lowest BCUT2D eigenvalue weighted by atomic mass is 9.73. The molecule has 0 bridgehead atoms. The van der Waals surface area contributed by atoms with Gasteiger partial charge in [0.15, 0.2) is 5.78 Å². The van der Waals surface area contributed by atoms with E-state index in [0.29, 0.717) is 6.54 Å². The van der Waals surface area contributed by atoms with Gasteiger partial charge in [-0.15, -0.1) is 0 Å². The fourth-order valence-electron chi connectivity index (χ4n) is 3.42. The zero-order valence-corrected chi connectivity index (χ0v) is 13.1. The number of hydrogen-bond donors (Lipinski definition) is 1. The molecule has 0 spiro atoms. The molecule has 1 aliphatic carbocycles. The van der Waals surface area contributed by atoms with Crippen molar-refractivity contribution in [1.29, 1.82) is 0 Å². The molecule has 1 aliphatic rings. The second-order valence-electron chi connectivity index (χ2n) is 6.48. The molecule has 1 aromatic carbocycles. The molecule has 0 unspecified atom stereocenters. The van der Waals surface area contributed by atoms with Crippen LogP contribution in [0.3, 0.4) is 0 Å². The average Bonchev–Trinajstić information content (AvgIpc) is 2.68. The van der Waals surface area contributed by atoms with Crippen LogP contribution in [-0.2, 0) is 0 Å². The molecule has 1 saturated carbocycles. The third kappa shape index (κ3) is 2.80. The molecule has 2 N–H and O–H groups in total. The first-order valence-corrected chi connectivity index (χ1v) is 7.83. The third-order valence-corrected chi connectivity index (χ3v) is 5.02. The van der Waals surface area contributed by atoms with Crippen molar-refractivity contribution in [3.63, 3.8) is 0 Å². The Morgan fingerprint density at radius 2 is 1.55 bits per heavy atom. The van der Waals surface area contributed by atoms with E-state index in [0.717, 1.165) is 36.8 Å². The highest BCUT2D eigenvalue weighted by Crippen LogP contribution is 2.38. The summed E-state index contributed by atoms with van der Waals surface area (Å²) in [5.41, 5.74) is 10.2. The summed E-state index contributed by atoms with van der Waals surface area (Å²) >= 11 is 0. The number of hydrogen-bond acceptors (Lipinski definition) is 2. The van der Waals surface area contributed by atoms with E-state index in [2.05, 4.69) is 26.0 Å². The van der Waals surface area contributed by atoms with Crippen molar-refractivity contribution in [3.05, 3.63) is 34.4 Å². The number of rotatable bonds is 3. The van der Waals surface area contributed by atoms with Crippen molar-refractivity contribution < 1.29 is 4.79 Å². The minimum Gasteiger partial charge on any atom is -0.329 e.